The number of hydrogen-bond acceptors (Lipinski definition) is 3. The van der Waals surface area contributed by atoms with E-state index in [1.807, 2.05) is 74.5 Å². The summed E-state index contributed by atoms with van der Waals surface area (Å²) in [7, 11) is 0. The monoisotopic (exact) mass is 396 g/mol. The van der Waals surface area contributed by atoms with Crippen molar-refractivity contribution in [2.24, 2.45) is 23.7 Å². The van der Waals surface area contributed by atoms with Crippen LogP contribution in [0.25, 0.3) is 0 Å². The smallest absolute Gasteiger partial charge is 0.155 e. The summed E-state index contributed by atoms with van der Waals surface area (Å²) in [5.74, 6) is -0.302. The summed E-state index contributed by atoms with van der Waals surface area (Å²) < 4.78 is 0. The maximum Gasteiger partial charge on any atom is 0.155 e. The zero-order valence-electron chi connectivity index (χ0n) is 17.7. The van der Waals surface area contributed by atoms with Crippen LogP contribution >= 0.6 is 0 Å². The van der Waals surface area contributed by atoms with Gasteiger partial charge in [0, 0.05) is 0 Å². The van der Waals surface area contributed by atoms with Gasteiger partial charge in [0.2, 0.25) is 0 Å². The summed E-state index contributed by atoms with van der Waals surface area (Å²) in [6, 6.07) is 24.5. The van der Waals surface area contributed by atoms with Crippen LogP contribution in [0.4, 0.5) is 0 Å². The van der Waals surface area contributed by atoms with Crippen LogP contribution in [0.5, 0.6) is 0 Å². The Morgan fingerprint density at radius 2 is 1.10 bits per heavy atom. The minimum atomic E-state index is -0.967. The van der Waals surface area contributed by atoms with Gasteiger partial charge in [-0.2, -0.15) is 10.5 Å². The van der Waals surface area contributed by atoms with Crippen molar-refractivity contribution in [3.63, 3.8) is 0 Å². The second kappa shape index (κ2) is 7.73. The molecule has 4 rings (SSSR count). The third-order valence-electron chi connectivity index (χ3n) is 7.40. The van der Waals surface area contributed by atoms with Crippen LogP contribution in [0.15, 0.2) is 60.7 Å². The van der Waals surface area contributed by atoms with Crippen molar-refractivity contribution in [1.82, 2.24) is 0 Å². The Balaban J connectivity index is 1.91. The topological polar surface area (TPSA) is 64.7 Å². The Morgan fingerprint density at radius 1 is 0.767 bits per heavy atom. The third kappa shape index (κ3) is 3.23. The van der Waals surface area contributed by atoms with E-state index in [0.717, 1.165) is 36.8 Å². The number of nitriles is 2. The maximum absolute atomic E-state index is 14.7. The van der Waals surface area contributed by atoms with Crippen molar-refractivity contribution in [3.05, 3.63) is 71.8 Å². The Kier molecular flexibility index (Phi) is 5.25. The number of Topliss-reactive ketones (excluding diaryl/α,β-unsaturated/α-hetero) is 1. The molecule has 30 heavy (non-hydrogen) atoms. The van der Waals surface area contributed by atoms with Crippen molar-refractivity contribution in [2.45, 2.75) is 50.4 Å². The van der Waals surface area contributed by atoms with E-state index in [1.54, 1.807) is 0 Å². The number of benzene rings is 2. The third-order valence-corrected chi connectivity index (χ3v) is 7.40. The molecule has 0 spiro atoms. The number of hydrogen-bond donors (Lipinski definition) is 0. The van der Waals surface area contributed by atoms with E-state index < -0.39 is 22.7 Å². The predicted molar refractivity (Wildman–Crippen MR) is 116 cm³/mol. The summed E-state index contributed by atoms with van der Waals surface area (Å²) in [6.45, 7) is 3.89. The molecule has 2 aromatic rings. The van der Waals surface area contributed by atoms with Crippen molar-refractivity contribution >= 4 is 5.78 Å². The maximum atomic E-state index is 14.7. The number of carbonyl (C=O) groups is 1. The normalized spacial score (nSPS) is 21.9. The van der Waals surface area contributed by atoms with E-state index in [0.29, 0.717) is 0 Å². The molecular weight excluding hydrogens is 368 g/mol. The van der Waals surface area contributed by atoms with Gasteiger partial charge in [-0.25, -0.2) is 0 Å². The lowest BCUT2D eigenvalue weighted by Gasteiger charge is -2.43. The Morgan fingerprint density at radius 3 is 1.37 bits per heavy atom. The fourth-order valence-corrected chi connectivity index (χ4v) is 5.28. The molecule has 4 atom stereocenters. The van der Waals surface area contributed by atoms with Crippen LogP contribution in [0.3, 0.4) is 0 Å². The summed E-state index contributed by atoms with van der Waals surface area (Å²) in [4.78, 5) is 14.7. The molecule has 2 aliphatic carbocycles. The number of ketones is 1. The van der Waals surface area contributed by atoms with E-state index >= 15 is 0 Å². The first-order chi connectivity index (χ1) is 14.5. The van der Waals surface area contributed by atoms with Gasteiger partial charge in [0.15, 0.2) is 5.78 Å². The largest absolute Gasteiger partial charge is 0.298 e. The van der Waals surface area contributed by atoms with Crippen LogP contribution in [0, 0.1) is 46.3 Å². The minimum absolute atomic E-state index is 0.00398. The van der Waals surface area contributed by atoms with Crippen LogP contribution < -0.4 is 0 Å². The zero-order valence-corrected chi connectivity index (χ0v) is 17.7. The van der Waals surface area contributed by atoms with Gasteiger partial charge in [0.25, 0.3) is 0 Å². The predicted octanol–water partition coefficient (Wildman–Crippen LogP) is 5.57. The molecule has 3 nitrogen and oxygen atoms in total. The standard InChI is InChI=1S/C27H28N2O/c1-26(21-9-5-3-6-10-21,23(17-28)19-13-14-19)25(30)27(2,22-11-7-4-8-12-22)24(18-29)20-15-16-20/h3-12,19-20,23-24H,13-16H2,1-2H3. The Bertz CT molecular complexity index is 913. The van der Waals surface area contributed by atoms with Crippen molar-refractivity contribution < 1.29 is 4.79 Å². The minimum Gasteiger partial charge on any atom is -0.298 e. The lowest BCUT2D eigenvalue weighted by Crippen LogP contribution is -2.53. The van der Waals surface area contributed by atoms with Gasteiger partial charge in [-0.3, -0.25) is 4.79 Å². The van der Waals surface area contributed by atoms with E-state index in [9.17, 15) is 15.3 Å². The lowest BCUT2D eigenvalue weighted by molar-refractivity contribution is -0.132. The van der Waals surface area contributed by atoms with Crippen molar-refractivity contribution in [1.29, 1.82) is 10.5 Å². The highest BCUT2D eigenvalue weighted by molar-refractivity contribution is 5.99. The summed E-state index contributed by atoms with van der Waals surface area (Å²) in [5.41, 5.74) is -0.177. The van der Waals surface area contributed by atoms with Gasteiger partial charge in [0.05, 0.1) is 34.8 Å². The highest BCUT2D eigenvalue weighted by atomic mass is 16.1. The van der Waals surface area contributed by atoms with Gasteiger partial charge in [-0.1, -0.05) is 60.7 Å². The Labute approximate surface area is 179 Å². The first-order valence-electron chi connectivity index (χ1n) is 10.9. The number of rotatable bonds is 8. The second-order valence-corrected chi connectivity index (χ2v) is 9.35. The summed E-state index contributed by atoms with van der Waals surface area (Å²) in [5, 5.41) is 20.3. The molecule has 0 heterocycles. The summed E-state index contributed by atoms with van der Waals surface area (Å²) >= 11 is 0. The molecular formula is C27H28N2O. The van der Waals surface area contributed by atoms with Crippen LogP contribution in [-0.2, 0) is 15.6 Å². The van der Waals surface area contributed by atoms with Gasteiger partial charge in [-0.05, 0) is 62.5 Å². The molecule has 152 valence electrons. The van der Waals surface area contributed by atoms with Gasteiger partial charge in [-0.15, -0.1) is 0 Å². The highest BCUT2D eigenvalue weighted by Gasteiger charge is 2.59. The lowest BCUT2D eigenvalue weighted by atomic mass is 9.55. The van der Waals surface area contributed by atoms with Crippen LogP contribution in [0.1, 0.15) is 50.7 Å². The molecule has 0 N–H and O–H groups in total. The van der Waals surface area contributed by atoms with Gasteiger partial charge in [0.1, 0.15) is 0 Å². The molecule has 0 bridgehead atoms. The molecule has 2 aromatic carbocycles. The molecule has 4 unspecified atom stereocenters. The van der Waals surface area contributed by atoms with Crippen molar-refractivity contribution in [2.75, 3.05) is 0 Å². The molecule has 2 aliphatic rings. The fourth-order valence-electron chi connectivity index (χ4n) is 5.28. The molecule has 0 radical (unpaired) electrons. The van der Waals surface area contributed by atoms with Gasteiger partial charge < -0.3 is 0 Å². The van der Waals surface area contributed by atoms with Crippen molar-refractivity contribution in [3.8, 4) is 12.1 Å². The number of nitrogens with zero attached hydrogens (tertiary/aromatic N) is 2. The molecule has 0 saturated heterocycles. The van der Waals surface area contributed by atoms with E-state index in [-0.39, 0.29) is 17.6 Å². The average Bonchev–Trinajstić information content (AvgIpc) is 3.70. The highest BCUT2D eigenvalue weighted by Crippen LogP contribution is 2.54. The van der Waals surface area contributed by atoms with Gasteiger partial charge >= 0.3 is 0 Å². The quantitative estimate of drug-likeness (QED) is 0.586. The molecule has 0 aromatic heterocycles. The molecule has 2 saturated carbocycles. The summed E-state index contributed by atoms with van der Waals surface area (Å²) in [6.07, 6.45) is 3.95. The van der Waals surface area contributed by atoms with E-state index in [1.165, 1.54) is 0 Å². The SMILES string of the molecule is CC(C(=O)C(C)(c1ccccc1)C(C#N)C1CC1)(c1ccccc1)C(C#N)C1CC1. The molecule has 2 fully saturated rings. The Hall–Kier alpha value is -2.91. The average molecular weight is 397 g/mol. The molecule has 0 aliphatic heterocycles. The fraction of sp³-hybridized carbons (Fsp3) is 0.444. The zero-order chi connectivity index (χ0) is 21.4. The van der Waals surface area contributed by atoms with Crippen LogP contribution in [0.2, 0.25) is 0 Å². The molecule has 3 heteroatoms. The number of carbonyl (C=O) groups excluding carboxylic acids is 1. The van der Waals surface area contributed by atoms with E-state index in [2.05, 4.69) is 12.1 Å². The first-order valence-corrected chi connectivity index (χ1v) is 10.9. The van der Waals surface area contributed by atoms with Crippen LogP contribution in [-0.4, -0.2) is 5.78 Å². The van der Waals surface area contributed by atoms with E-state index in [4.69, 9.17) is 0 Å². The molecule has 0 amide bonds. The first kappa shape index (κ1) is 20.4. The second-order valence-electron chi connectivity index (χ2n) is 9.35.